The number of para-hydroxylation sites is 1. The topological polar surface area (TPSA) is 114 Å². The molecule has 0 aliphatic rings. The number of hydrogen-bond acceptors (Lipinski definition) is 5. The van der Waals surface area contributed by atoms with E-state index >= 15 is 0 Å². The van der Waals surface area contributed by atoms with E-state index < -0.39 is 4.92 Å². The molecular formula is C20H22N4O4. The molecule has 28 heavy (non-hydrogen) atoms. The number of nitro groups is 1. The van der Waals surface area contributed by atoms with Crippen molar-refractivity contribution in [2.24, 2.45) is 5.10 Å². The molecule has 2 amide bonds. The minimum Gasteiger partial charge on any atom is -0.352 e. The van der Waals surface area contributed by atoms with E-state index in [0.717, 1.165) is 12.8 Å². The quantitative estimate of drug-likeness (QED) is 0.284. The zero-order valence-electron chi connectivity index (χ0n) is 15.3. The Labute approximate surface area is 162 Å². The van der Waals surface area contributed by atoms with E-state index in [1.807, 2.05) is 18.2 Å². The number of amides is 2. The zero-order valence-corrected chi connectivity index (χ0v) is 15.3. The number of nitrogens with zero attached hydrogens (tertiary/aromatic N) is 2. The van der Waals surface area contributed by atoms with Crippen molar-refractivity contribution >= 4 is 23.7 Å². The number of nitro benzene ring substituents is 1. The first kappa shape index (κ1) is 20.8. The van der Waals surface area contributed by atoms with Crippen LogP contribution in [0.15, 0.2) is 59.7 Å². The smallest absolute Gasteiger partial charge is 0.278 e. The fourth-order valence-electron chi connectivity index (χ4n) is 2.47. The molecule has 8 heteroatoms. The molecule has 0 aliphatic heterocycles. The van der Waals surface area contributed by atoms with Gasteiger partial charge in [0.25, 0.3) is 11.6 Å². The maximum absolute atomic E-state index is 11.9. The van der Waals surface area contributed by atoms with Crippen LogP contribution in [0.3, 0.4) is 0 Å². The van der Waals surface area contributed by atoms with Crippen molar-refractivity contribution < 1.29 is 14.5 Å². The highest BCUT2D eigenvalue weighted by molar-refractivity contribution is 5.94. The molecule has 2 aromatic rings. The van der Waals surface area contributed by atoms with Gasteiger partial charge in [-0.05, 0) is 31.0 Å². The van der Waals surface area contributed by atoms with Gasteiger partial charge in [-0.1, -0.05) is 36.8 Å². The third kappa shape index (κ3) is 6.99. The Kier molecular flexibility index (Phi) is 8.32. The lowest BCUT2D eigenvalue weighted by atomic mass is 10.2. The third-order valence-corrected chi connectivity index (χ3v) is 3.93. The normalized spacial score (nSPS) is 10.6. The zero-order chi connectivity index (χ0) is 20.2. The first-order valence-electron chi connectivity index (χ1n) is 8.96. The number of hydrogen-bond donors (Lipinski definition) is 2. The fourth-order valence-corrected chi connectivity index (χ4v) is 2.47. The Balaban J connectivity index is 1.60. The van der Waals surface area contributed by atoms with Gasteiger partial charge in [0, 0.05) is 24.6 Å². The Hall–Kier alpha value is -3.55. The van der Waals surface area contributed by atoms with E-state index in [1.165, 1.54) is 12.3 Å². The number of nitrogens with one attached hydrogen (secondary N) is 2. The summed E-state index contributed by atoms with van der Waals surface area (Å²) in [5.41, 5.74) is 3.24. The van der Waals surface area contributed by atoms with E-state index in [1.54, 1.807) is 30.3 Å². The Morgan fingerprint density at radius 2 is 1.71 bits per heavy atom. The molecule has 0 aliphatic carbocycles. The van der Waals surface area contributed by atoms with Crippen LogP contribution in [-0.2, 0) is 4.79 Å². The summed E-state index contributed by atoms with van der Waals surface area (Å²) in [6, 6.07) is 15.1. The van der Waals surface area contributed by atoms with Crippen LogP contribution >= 0.6 is 0 Å². The number of unbranched alkanes of at least 4 members (excludes halogenated alkanes) is 2. The lowest BCUT2D eigenvalue weighted by Crippen LogP contribution is -2.24. The van der Waals surface area contributed by atoms with Gasteiger partial charge in [-0.3, -0.25) is 19.7 Å². The van der Waals surface area contributed by atoms with E-state index in [9.17, 15) is 19.7 Å². The predicted octanol–water partition coefficient (Wildman–Crippen LogP) is 3.04. The van der Waals surface area contributed by atoms with Gasteiger partial charge in [0.1, 0.15) is 0 Å². The Morgan fingerprint density at radius 3 is 2.46 bits per heavy atom. The van der Waals surface area contributed by atoms with Crippen LogP contribution in [0.1, 0.15) is 41.6 Å². The van der Waals surface area contributed by atoms with E-state index in [-0.39, 0.29) is 17.5 Å². The summed E-state index contributed by atoms with van der Waals surface area (Å²) >= 11 is 0. The third-order valence-electron chi connectivity index (χ3n) is 3.93. The summed E-state index contributed by atoms with van der Waals surface area (Å²) in [7, 11) is 0. The Morgan fingerprint density at radius 1 is 1.00 bits per heavy atom. The van der Waals surface area contributed by atoms with Crippen molar-refractivity contribution in [1.82, 2.24) is 10.7 Å². The maximum Gasteiger partial charge on any atom is 0.278 e. The van der Waals surface area contributed by atoms with Gasteiger partial charge < -0.3 is 5.32 Å². The molecule has 0 saturated heterocycles. The standard InChI is InChI=1S/C20H22N4O4/c25-19(23-22-15-17-11-6-7-12-18(17)24(27)28)13-5-2-8-14-21-20(26)16-9-3-1-4-10-16/h1,3-4,6-7,9-12,15H,2,5,8,13-14H2,(H,21,26)(H,23,25)/b22-15+. The molecule has 146 valence electrons. The molecule has 2 aromatic carbocycles. The van der Waals surface area contributed by atoms with Crippen LogP contribution in [0.25, 0.3) is 0 Å². The van der Waals surface area contributed by atoms with Crippen LogP contribution < -0.4 is 10.7 Å². The highest BCUT2D eigenvalue weighted by Gasteiger charge is 2.10. The largest absolute Gasteiger partial charge is 0.352 e. The molecule has 0 atom stereocenters. The molecule has 2 rings (SSSR count). The van der Waals surface area contributed by atoms with Gasteiger partial charge >= 0.3 is 0 Å². The molecule has 0 bridgehead atoms. The summed E-state index contributed by atoms with van der Waals surface area (Å²) < 4.78 is 0. The first-order valence-corrected chi connectivity index (χ1v) is 8.96. The van der Waals surface area contributed by atoms with Gasteiger partial charge in [0.15, 0.2) is 0 Å². The predicted molar refractivity (Wildman–Crippen MR) is 106 cm³/mol. The second kappa shape index (κ2) is 11.2. The molecular weight excluding hydrogens is 360 g/mol. The number of benzene rings is 2. The van der Waals surface area contributed by atoms with Crippen molar-refractivity contribution in [2.45, 2.75) is 25.7 Å². The van der Waals surface area contributed by atoms with Gasteiger partial charge in [-0.15, -0.1) is 0 Å². The molecule has 0 fully saturated rings. The maximum atomic E-state index is 11.9. The molecule has 0 radical (unpaired) electrons. The summed E-state index contributed by atoms with van der Waals surface area (Å²) in [6.45, 7) is 0.547. The van der Waals surface area contributed by atoms with E-state index in [4.69, 9.17) is 0 Å². The highest BCUT2D eigenvalue weighted by atomic mass is 16.6. The number of rotatable bonds is 10. The van der Waals surface area contributed by atoms with Gasteiger partial charge in [-0.2, -0.15) is 5.10 Å². The molecule has 0 aromatic heterocycles. The summed E-state index contributed by atoms with van der Waals surface area (Å²) in [5.74, 6) is -0.370. The van der Waals surface area contributed by atoms with Crippen LogP contribution in [0.2, 0.25) is 0 Å². The number of carbonyl (C=O) groups is 2. The van der Waals surface area contributed by atoms with Crippen molar-refractivity contribution in [2.75, 3.05) is 6.54 Å². The van der Waals surface area contributed by atoms with E-state index in [0.29, 0.717) is 30.5 Å². The molecule has 0 spiro atoms. The monoisotopic (exact) mass is 382 g/mol. The lowest BCUT2D eigenvalue weighted by molar-refractivity contribution is -0.385. The average Bonchev–Trinajstić information content (AvgIpc) is 2.71. The summed E-state index contributed by atoms with van der Waals surface area (Å²) in [5, 5.41) is 17.5. The Bertz CT molecular complexity index is 837. The van der Waals surface area contributed by atoms with Crippen molar-refractivity contribution in [3.05, 3.63) is 75.8 Å². The molecule has 0 saturated carbocycles. The SMILES string of the molecule is O=C(CCCCCNC(=O)c1ccccc1)N/N=C/c1ccccc1[N+](=O)[O-]. The number of hydrazone groups is 1. The van der Waals surface area contributed by atoms with Crippen LogP contribution in [0.4, 0.5) is 5.69 Å². The molecule has 8 nitrogen and oxygen atoms in total. The fraction of sp³-hybridized carbons (Fsp3) is 0.250. The van der Waals surface area contributed by atoms with Crippen molar-refractivity contribution in [3.63, 3.8) is 0 Å². The van der Waals surface area contributed by atoms with Gasteiger partial charge in [0.2, 0.25) is 5.91 Å². The van der Waals surface area contributed by atoms with Crippen molar-refractivity contribution in [1.29, 1.82) is 0 Å². The van der Waals surface area contributed by atoms with Crippen molar-refractivity contribution in [3.8, 4) is 0 Å². The second-order valence-electron chi connectivity index (χ2n) is 6.04. The summed E-state index contributed by atoms with van der Waals surface area (Å²) in [6.07, 6.45) is 3.77. The second-order valence-corrected chi connectivity index (χ2v) is 6.04. The average molecular weight is 382 g/mol. The molecule has 0 unspecified atom stereocenters. The van der Waals surface area contributed by atoms with Gasteiger partial charge in [0.05, 0.1) is 16.7 Å². The minimum absolute atomic E-state index is 0.0713. The van der Waals surface area contributed by atoms with Gasteiger partial charge in [-0.25, -0.2) is 5.43 Å². The van der Waals surface area contributed by atoms with Crippen LogP contribution in [-0.4, -0.2) is 29.5 Å². The van der Waals surface area contributed by atoms with E-state index in [2.05, 4.69) is 15.8 Å². The van der Waals surface area contributed by atoms with Crippen LogP contribution in [0, 0.1) is 10.1 Å². The number of carbonyl (C=O) groups excluding carboxylic acids is 2. The van der Waals surface area contributed by atoms with Crippen LogP contribution in [0.5, 0.6) is 0 Å². The lowest BCUT2D eigenvalue weighted by Gasteiger charge is -2.05. The minimum atomic E-state index is -0.500. The molecule has 0 heterocycles. The first-order chi connectivity index (χ1) is 13.6. The highest BCUT2D eigenvalue weighted by Crippen LogP contribution is 2.15. The molecule has 2 N–H and O–H groups in total. The summed E-state index contributed by atoms with van der Waals surface area (Å²) in [4.78, 5) is 34.0.